The highest BCUT2D eigenvalue weighted by atomic mass is 35.5. The Hall–Kier alpha value is -2.26. The van der Waals surface area contributed by atoms with Crippen LogP contribution < -0.4 is 5.32 Å². The smallest absolute Gasteiger partial charge is 0.251 e. The van der Waals surface area contributed by atoms with Crippen LogP contribution in [0.15, 0.2) is 42.5 Å². The molecule has 0 saturated carbocycles. The van der Waals surface area contributed by atoms with Gasteiger partial charge in [-0.1, -0.05) is 29.8 Å². The molecule has 124 valence electrons. The number of nitrogens with one attached hydrogen (secondary N) is 1. The van der Waals surface area contributed by atoms with Gasteiger partial charge in [-0.05, 0) is 55.7 Å². The molecule has 1 heterocycles. The Morgan fingerprint density at radius 1 is 1.17 bits per heavy atom. The minimum atomic E-state index is -0.0511. The minimum Gasteiger partial charge on any atom is -0.352 e. The van der Waals surface area contributed by atoms with Gasteiger partial charge in [-0.2, -0.15) is 0 Å². The van der Waals surface area contributed by atoms with Crippen LogP contribution in [0.25, 0.3) is 10.9 Å². The van der Waals surface area contributed by atoms with E-state index >= 15 is 0 Å². The minimum absolute atomic E-state index is 0.0511. The molecule has 3 rings (SSSR count). The highest BCUT2D eigenvalue weighted by Gasteiger charge is 2.12. The molecule has 0 bridgehead atoms. The first kappa shape index (κ1) is 16.6. The molecule has 24 heavy (non-hydrogen) atoms. The lowest BCUT2D eigenvalue weighted by atomic mass is 10.1. The van der Waals surface area contributed by atoms with E-state index in [4.69, 9.17) is 11.6 Å². The van der Waals surface area contributed by atoms with E-state index in [1.165, 1.54) is 11.3 Å². The highest BCUT2D eigenvalue weighted by Crippen LogP contribution is 2.25. The Morgan fingerprint density at radius 2 is 1.92 bits per heavy atom. The number of nitrogens with zero attached hydrogens (tertiary/aromatic N) is 1. The van der Waals surface area contributed by atoms with Crippen LogP contribution in [0, 0.1) is 13.8 Å². The highest BCUT2D eigenvalue weighted by molar-refractivity contribution is 6.31. The van der Waals surface area contributed by atoms with Crippen molar-refractivity contribution in [3.8, 4) is 0 Å². The fraction of sp³-hybridized carbons (Fsp3) is 0.250. The van der Waals surface area contributed by atoms with Crippen LogP contribution in [-0.2, 0) is 13.5 Å². The summed E-state index contributed by atoms with van der Waals surface area (Å²) in [7, 11) is 2.05. The monoisotopic (exact) mass is 340 g/mol. The van der Waals surface area contributed by atoms with Crippen molar-refractivity contribution in [2.45, 2.75) is 20.3 Å². The predicted molar refractivity (Wildman–Crippen MR) is 99.9 cm³/mol. The van der Waals surface area contributed by atoms with Gasteiger partial charge < -0.3 is 9.88 Å². The van der Waals surface area contributed by atoms with E-state index in [2.05, 4.69) is 23.7 Å². The number of amides is 1. The maximum absolute atomic E-state index is 12.4. The zero-order valence-electron chi connectivity index (χ0n) is 14.2. The number of fused-ring (bicyclic) bond motifs is 1. The Bertz CT molecular complexity index is 911. The second-order valence-electron chi connectivity index (χ2n) is 6.10. The van der Waals surface area contributed by atoms with Gasteiger partial charge in [0.25, 0.3) is 5.91 Å². The Morgan fingerprint density at radius 3 is 2.67 bits per heavy atom. The van der Waals surface area contributed by atoms with E-state index in [0.717, 1.165) is 27.9 Å². The first-order chi connectivity index (χ1) is 11.5. The Labute approximate surface area is 147 Å². The SMILES string of the molecule is Cc1c(C)n(C)c2ccc(C(=O)NCCc3ccccc3Cl)cc12. The van der Waals surface area contributed by atoms with Crippen molar-refractivity contribution in [3.63, 3.8) is 0 Å². The van der Waals surface area contributed by atoms with Crippen LogP contribution in [0.1, 0.15) is 27.2 Å². The molecule has 0 atom stereocenters. The van der Waals surface area contributed by atoms with E-state index in [9.17, 15) is 4.79 Å². The molecular weight excluding hydrogens is 320 g/mol. The molecule has 0 radical (unpaired) electrons. The first-order valence-electron chi connectivity index (χ1n) is 8.06. The number of carbonyl (C=O) groups excluding carboxylic acids is 1. The average Bonchev–Trinajstić information content (AvgIpc) is 2.80. The zero-order valence-corrected chi connectivity index (χ0v) is 14.9. The van der Waals surface area contributed by atoms with Gasteiger partial charge in [0, 0.05) is 40.8 Å². The number of benzene rings is 2. The van der Waals surface area contributed by atoms with Gasteiger partial charge in [-0.3, -0.25) is 4.79 Å². The molecule has 1 amide bonds. The number of halogens is 1. The quantitative estimate of drug-likeness (QED) is 0.749. The molecule has 3 nitrogen and oxygen atoms in total. The van der Waals surface area contributed by atoms with E-state index < -0.39 is 0 Å². The molecule has 1 aromatic heterocycles. The third-order valence-electron chi connectivity index (χ3n) is 4.71. The molecule has 0 fully saturated rings. The zero-order chi connectivity index (χ0) is 17.3. The van der Waals surface area contributed by atoms with Gasteiger partial charge in [-0.25, -0.2) is 0 Å². The standard InChI is InChI=1S/C20H21ClN2O/c1-13-14(2)23(3)19-9-8-16(12-17(13)19)20(24)22-11-10-15-6-4-5-7-18(15)21/h4-9,12H,10-11H2,1-3H3,(H,22,24). The summed E-state index contributed by atoms with van der Waals surface area (Å²) in [6.45, 7) is 4.75. The molecule has 0 spiro atoms. The van der Waals surface area contributed by atoms with Crippen LogP contribution in [0.2, 0.25) is 5.02 Å². The number of aromatic nitrogens is 1. The Balaban J connectivity index is 1.72. The van der Waals surface area contributed by atoms with Crippen molar-refractivity contribution in [2.24, 2.45) is 7.05 Å². The second-order valence-corrected chi connectivity index (χ2v) is 6.51. The molecule has 0 saturated heterocycles. The summed E-state index contributed by atoms with van der Waals surface area (Å²) in [4.78, 5) is 12.4. The number of rotatable bonds is 4. The summed E-state index contributed by atoms with van der Waals surface area (Å²) in [6, 6.07) is 13.6. The molecule has 1 N–H and O–H groups in total. The van der Waals surface area contributed by atoms with E-state index in [0.29, 0.717) is 12.1 Å². The Kier molecular flexibility index (Phi) is 4.63. The number of hydrogen-bond acceptors (Lipinski definition) is 1. The lowest BCUT2D eigenvalue weighted by molar-refractivity contribution is 0.0954. The van der Waals surface area contributed by atoms with Crippen molar-refractivity contribution in [1.82, 2.24) is 9.88 Å². The molecule has 3 aromatic rings. The molecule has 4 heteroatoms. The van der Waals surface area contributed by atoms with Gasteiger partial charge in [0.2, 0.25) is 0 Å². The average molecular weight is 341 g/mol. The van der Waals surface area contributed by atoms with E-state index in [-0.39, 0.29) is 5.91 Å². The fourth-order valence-electron chi connectivity index (χ4n) is 3.01. The normalized spacial score (nSPS) is 11.0. The van der Waals surface area contributed by atoms with Crippen LogP contribution in [-0.4, -0.2) is 17.0 Å². The van der Waals surface area contributed by atoms with Gasteiger partial charge >= 0.3 is 0 Å². The van der Waals surface area contributed by atoms with Gasteiger partial charge in [-0.15, -0.1) is 0 Å². The summed E-state index contributed by atoms with van der Waals surface area (Å²) < 4.78 is 2.16. The number of hydrogen-bond donors (Lipinski definition) is 1. The summed E-state index contributed by atoms with van der Waals surface area (Å²) in [5, 5.41) is 4.85. The van der Waals surface area contributed by atoms with E-state index in [1.54, 1.807) is 0 Å². The van der Waals surface area contributed by atoms with Crippen LogP contribution >= 0.6 is 11.6 Å². The third kappa shape index (κ3) is 3.04. The predicted octanol–water partition coefficient (Wildman–Crippen LogP) is 4.42. The molecule has 0 aliphatic heterocycles. The topological polar surface area (TPSA) is 34.0 Å². The number of aryl methyl sites for hydroxylation is 2. The summed E-state index contributed by atoms with van der Waals surface area (Å²) in [5.41, 5.74) is 5.33. The van der Waals surface area contributed by atoms with E-state index in [1.807, 2.05) is 49.5 Å². The van der Waals surface area contributed by atoms with Gasteiger partial charge in [0.05, 0.1) is 0 Å². The van der Waals surface area contributed by atoms with Crippen molar-refractivity contribution in [2.75, 3.05) is 6.54 Å². The van der Waals surface area contributed by atoms with Crippen molar-refractivity contribution < 1.29 is 4.79 Å². The fourth-order valence-corrected chi connectivity index (χ4v) is 3.24. The second kappa shape index (κ2) is 6.70. The van der Waals surface area contributed by atoms with Crippen LogP contribution in [0.4, 0.5) is 0 Å². The summed E-state index contributed by atoms with van der Waals surface area (Å²) in [6.07, 6.45) is 0.719. The van der Waals surface area contributed by atoms with Crippen molar-refractivity contribution in [1.29, 1.82) is 0 Å². The summed E-state index contributed by atoms with van der Waals surface area (Å²) in [5.74, 6) is -0.0511. The lowest BCUT2D eigenvalue weighted by Crippen LogP contribution is -2.25. The van der Waals surface area contributed by atoms with Crippen molar-refractivity contribution in [3.05, 3.63) is 69.9 Å². The maximum atomic E-state index is 12.4. The molecular formula is C20H21ClN2O. The molecule has 2 aromatic carbocycles. The largest absolute Gasteiger partial charge is 0.352 e. The third-order valence-corrected chi connectivity index (χ3v) is 5.08. The molecule has 0 unspecified atom stereocenters. The van der Waals surface area contributed by atoms with Crippen LogP contribution in [0.5, 0.6) is 0 Å². The van der Waals surface area contributed by atoms with Crippen molar-refractivity contribution >= 4 is 28.4 Å². The van der Waals surface area contributed by atoms with Gasteiger partial charge in [0.1, 0.15) is 0 Å². The first-order valence-corrected chi connectivity index (χ1v) is 8.44. The molecule has 0 aliphatic carbocycles. The van der Waals surface area contributed by atoms with Crippen LogP contribution in [0.3, 0.4) is 0 Å². The lowest BCUT2D eigenvalue weighted by Gasteiger charge is -2.07. The summed E-state index contributed by atoms with van der Waals surface area (Å²) >= 11 is 6.14. The maximum Gasteiger partial charge on any atom is 0.251 e. The molecule has 0 aliphatic rings. The van der Waals surface area contributed by atoms with Gasteiger partial charge in [0.15, 0.2) is 0 Å². The number of carbonyl (C=O) groups is 1.